The molecule has 0 heterocycles. The maximum atomic E-state index is 12.6. The zero-order valence-corrected chi connectivity index (χ0v) is 38.2. The Balaban J connectivity index is 4.05. The first kappa shape index (κ1) is 55.9. The van der Waals surface area contributed by atoms with Crippen LogP contribution in [-0.4, -0.2) is 49.9 Å². The van der Waals surface area contributed by atoms with E-state index in [1.54, 1.807) is 0 Å². The van der Waals surface area contributed by atoms with Gasteiger partial charge in [-0.05, 0) is 83.5 Å². The van der Waals surface area contributed by atoms with Gasteiger partial charge in [0.2, 0.25) is 0 Å². The molecule has 0 amide bonds. The highest BCUT2D eigenvalue weighted by atomic mass is 31.2. The Bertz CT molecular complexity index is 1120. The largest absolute Gasteiger partial charge is 0.472 e. The molecule has 0 fully saturated rings. The molecule has 0 saturated heterocycles. The van der Waals surface area contributed by atoms with Crippen molar-refractivity contribution in [3.05, 3.63) is 72.9 Å². The highest BCUT2D eigenvalue weighted by Crippen LogP contribution is 2.43. The number of esters is 1. The molecule has 0 saturated carbocycles. The molecule has 2 atom stereocenters. The van der Waals surface area contributed by atoms with Crippen molar-refractivity contribution in [3.63, 3.8) is 0 Å². The molecule has 2 unspecified atom stereocenters. The number of rotatable bonds is 44. The van der Waals surface area contributed by atoms with Crippen LogP contribution in [0.15, 0.2) is 72.9 Å². The molecule has 3 N–H and O–H groups in total. The lowest BCUT2D eigenvalue weighted by molar-refractivity contribution is -0.154. The van der Waals surface area contributed by atoms with Crippen LogP contribution in [0.4, 0.5) is 0 Å². The number of ether oxygens (including phenoxy) is 2. The van der Waals surface area contributed by atoms with Gasteiger partial charge in [-0.1, -0.05) is 177 Å². The third kappa shape index (κ3) is 45.0. The molecule has 0 radical (unpaired) electrons. The number of carbonyl (C=O) groups is 1. The second kappa shape index (κ2) is 46.0. The molecule has 0 aliphatic heterocycles. The van der Waals surface area contributed by atoms with Crippen molar-refractivity contribution in [2.45, 2.75) is 200 Å². The summed E-state index contributed by atoms with van der Waals surface area (Å²) in [6.45, 7) is 4.76. The van der Waals surface area contributed by atoms with Gasteiger partial charge in [0.15, 0.2) is 0 Å². The van der Waals surface area contributed by atoms with Crippen LogP contribution in [0.2, 0.25) is 0 Å². The number of nitrogens with two attached hydrogens (primary N) is 1. The van der Waals surface area contributed by atoms with Gasteiger partial charge in [-0.3, -0.25) is 13.8 Å². The summed E-state index contributed by atoms with van der Waals surface area (Å²) in [7, 11) is -4.29. The summed E-state index contributed by atoms with van der Waals surface area (Å²) in [5.74, 6) is -0.342. The quantitative estimate of drug-likeness (QED) is 0.0270. The van der Waals surface area contributed by atoms with Crippen LogP contribution in [0.25, 0.3) is 0 Å². The Morgan fingerprint density at radius 1 is 0.534 bits per heavy atom. The molecule has 8 nitrogen and oxygen atoms in total. The highest BCUT2D eigenvalue weighted by molar-refractivity contribution is 7.47. The Morgan fingerprint density at radius 2 is 0.966 bits per heavy atom. The van der Waals surface area contributed by atoms with E-state index in [0.29, 0.717) is 13.0 Å². The molecule has 58 heavy (non-hydrogen) atoms. The number of hydrogen-bond acceptors (Lipinski definition) is 7. The summed E-state index contributed by atoms with van der Waals surface area (Å²) >= 11 is 0. The third-order valence-electron chi connectivity index (χ3n) is 9.61. The van der Waals surface area contributed by atoms with Gasteiger partial charge in [0.05, 0.1) is 19.8 Å². The fourth-order valence-electron chi connectivity index (χ4n) is 6.19. The lowest BCUT2D eigenvalue weighted by atomic mass is 10.1. The number of phosphoric ester groups is 1. The van der Waals surface area contributed by atoms with E-state index < -0.39 is 13.9 Å². The molecule has 0 aromatic carbocycles. The number of phosphoric acid groups is 1. The van der Waals surface area contributed by atoms with Crippen LogP contribution in [0.1, 0.15) is 194 Å². The molecule has 9 heteroatoms. The van der Waals surface area contributed by atoms with Gasteiger partial charge in [-0.15, -0.1) is 0 Å². The van der Waals surface area contributed by atoms with Crippen LogP contribution >= 0.6 is 7.82 Å². The van der Waals surface area contributed by atoms with Gasteiger partial charge >= 0.3 is 13.8 Å². The maximum absolute atomic E-state index is 12.6. The van der Waals surface area contributed by atoms with Crippen molar-refractivity contribution < 1.29 is 32.8 Å². The van der Waals surface area contributed by atoms with Crippen LogP contribution in [0, 0.1) is 0 Å². The first-order valence-corrected chi connectivity index (χ1v) is 24.9. The summed E-state index contributed by atoms with van der Waals surface area (Å²) in [6.07, 6.45) is 57.8. The molecule has 0 spiro atoms. The SMILES string of the molecule is CC/C=C\C/C=C\C/C=C\C/C=C\C/C=C\CCCCCCCCOCC(COP(=O)(O)OCCN)OC(=O)CCCCCCCCC/C=C\CCCCCCCC. The molecule has 0 aliphatic rings. The van der Waals surface area contributed by atoms with Gasteiger partial charge in [0.1, 0.15) is 6.10 Å². The minimum Gasteiger partial charge on any atom is -0.457 e. The highest BCUT2D eigenvalue weighted by Gasteiger charge is 2.25. The minimum absolute atomic E-state index is 0.0937. The van der Waals surface area contributed by atoms with Crippen LogP contribution < -0.4 is 5.73 Å². The molecule has 0 bridgehead atoms. The normalized spacial score (nSPS) is 14.1. The molecule has 0 aromatic rings. The maximum Gasteiger partial charge on any atom is 0.472 e. The first-order valence-electron chi connectivity index (χ1n) is 23.4. The summed E-state index contributed by atoms with van der Waals surface area (Å²) in [4.78, 5) is 22.5. The van der Waals surface area contributed by atoms with Crippen molar-refractivity contribution >= 4 is 13.8 Å². The van der Waals surface area contributed by atoms with E-state index >= 15 is 0 Å². The van der Waals surface area contributed by atoms with E-state index in [9.17, 15) is 14.3 Å². The Kier molecular flexibility index (Phi) is 44.4. The second-order valence-electron chi connectivity index (χ2n) is 15.2. The van der Waals surface area contributed by atoms with Crippen molar-refractivity contribution in [3.8, 4) is 0 Å². The zero-order chi connectivity index (χ0) is 42.3. The van der Waals surface area contributed by atoms with Gasteiger partial charge in [-0.25, -0.2) is 4.57 Å². The van der Waals surface area contributed by atoms with Gasteiger partial charge < -0.3 is 20.1 Å². The van der Waals surface area contributed by atoms with Gasteiger partial charge in [0, 0.05) is 19.6 Å². The summed E-state index contributed by atoms with van der Waals surface area (Å²) in [5, 5.41) is 0. The van der Waals surface area contributed by atoms with Crippen molar-refractivity contribution in [2.75, 3.05) is 33.0 Å². The zero-order valence-electron chi connectivity index (χ0n) is 37.3. The summed E-state index contributed by atoms with van der Waals surface area (Å²) in [5.41, 5.74) is 5.38. The molecule has 336 valence electrons. The van der Waals surface area contributed by atoms with E-state index in [-0.39, 0.29) is 32.3 Å². The molecular weight excluding hydrogens is 746 g/mol. The Morgan fingerprint density at radius 3 is 1.47 bits per heavy atom. The lowest BCUT2D eigenvalue weighted by Crippen LogP contribution is -2.28. The average molecular weight is 834 g/mol. The number of hydrogen-bond donors (Lipinski definition) is 2. The second-order valence-corrected chi connectivity index (χ2v) is 16.7. The van der Waals surface area contributed by atoms with Crippen molar-refractivity contribution in [1.29, 1.82) is 0 Å². The van der Waals surface area contributed by atoms with Crippen molar-refractivity contribution in [2.24, 2.45) is 5.73 Å². The van der Waals surface area contributed by atoms with Crippen molar-refractivity contribution in [1.82, 2.24) is 0 Å². The topological polar surface area (TPSA) is 117 Å². The fourth-order valence-corrected chi connectivity index (χ4v) is 6.96. The molecule has 0 aromatic heterocycles. The van der Waals surface area contributed by atoms with Crippen LogP contribution in [0.5, 0.6) is 0 Å². The van der Waals surface area contributed by atoms with Crippen LogP contribution in [-0.2, 0) is 27.9 Å². The van der Waals surface area contributed by atoms with E-state index in [1.165, 1.54) is 96.3 Å². The molecular formula is C49H88NO7P. The smallest absolute Gasteiger partial charge is 0.457 e. The number of unbranched alkanes of at least 4 members (excludes halogenated alkanes) is 19. The van der Waals surface area contributed by atoms with E-state index in [1.807, 2.05) is 0 Å². The first-order chi connectivity index (χ1) is 28.4. The third-order valence-corrected chi connectivity index (χ3v) is 10.6. The average Bonchev–Trinajstić information content (AvgIpc) is 3.21. The standard InChI is InChI=1S/C49H88NO7P/c1-3-5-7-9-11-13-15-17-19-21-22-23-24-25-27-29-31-33-35-37-39-41-44-54-46-48(47-56-58(52,53)55-45-43-50)57-49(51)42-40-38-36-34-32-30-28-26-20-18-16-14-12-10-8-6-4-2/h5,7,11,13,17-20,22-23,25,27,48H,3-4,6,8-10,12,14-16,21,24,26,28-47,50H2,1-2H3,(H,52,53)/b7-5-,13-11-,19-17-,20-18-,23-22-,27-25-. The summed E-state index contributed by atoms with van der Waals surface area (Å²) < 4.78 is 33.5. The fraction of sp³-hybridized carbons (Fsp3) is 0.735. The van der Waals surface area contributed by atoms with E-state index in [4.69, 9.17) is 24.3 Å². The molecule has 0 aliphatic carbocycles. The molecule has 0 rings (SSSR count). The predicted molar refractivity (Wildman–Crippen MR) is 247 cm³/mol. The van der Waals surface area contributed by atoms with E-state index in [0.717, 1.165) is 77.0 Å². The predicted octanol–water partition coefficient (Wildman–Crippen LogP) is 14.3. The minimum atomic E-state index is -4.29. The van der Waals surface area contributed by atoms with Gasteiger partial charge in [-0.2, -0.15) is 0 Å². The Labute approximate surface area is 356 Å². The number of carbonyl (C=O) groups excluding carboxylic acids is 1. The number of allylic oxidation sites excluding steroid dienone is 12. The lowest BCUT2D eigenvalue weighted by Gasteiger charge is -2.20. The Hall–Kier alpha value is -2.06. The van der Waals surface area contributed by atoms with E-state index in [2.05, 4.69) is 86.8 Å². The van der Waals surface area contributed by atoms with Crippen LogP contribution in [0.3, 0.4) is 0 Å². The van der Waals surface area contributed by atoms with Gasteiger partial charge in [0.25, 0.3) is 0 Å². The monoisotopic (exact) mass is 834 g/mol. The summed E-state index contributed by atoms with van der Waals surface area (Å²) in [6, 6.07) is 0.